The fourth-order valence-electron chi connectivity index (χ4n) is 3.83. The van der Waals surface area contributed by atoms with Crippen LogP contribution < -0.4 is 10.6 Å². The summed E-state index contributed by atoms with van der Waals surface area (Å²) in [4.78, 5) is 16.5. The number of rotatable bonds is 5. The molecule has 0 spiro atoms. The van der Waals surface area contributed by atoms with Gasteiger partial charge in [-0.2, -0.15) is 4.98 Å². The molecule has 3 N–H and O–H groups in total. The van der Waals surface area contributed by atoms with Gasteiger partial charge in [0.2, 0.25) is 23.5 Å². The molecule has 29 heavy (non-hydrogen) atoms. The van der Waals surface area contributed by atoms with E-state index in [2.05, 4.69) is 20.8 Å². The van der Waals surface area contributed by atoms with Crippen LogP contribution in [0.1, 0.15) is 49.5 Å². The number of alkyl halides is 2. The topological polar surface area (TPSA) is 100 Å². The molecule has 2 heterocycles. The van der Waals surface area contributed by atoms with Gasteiger partial charge in [-0.15, -0.1) is 0 Å². The van der Waals surface area contributed by atoms with Gasteiger partial charge >= 0.3 is 0 Å². The Morgan fingerprint density at radius 2 is 1.97 bits per heavy atom. The highest BCUT2D eigenvalue weighted by atomic mass is 19.3. The van der Waals surface area contributed by atoms with Crippen LogP contribution in [-0.2, 0) is 11.3 Å². The fraction of sp³-hybridized carbons (Fsp3) is 0.550. The zero-order valence-electron chi connectivity index (χ0n) is 15.9. The van der Waals surface area contributed by atoms with Crippen molar-refractivity contribution in [2.75, 3.05) is 6.54 Å². The van der Waals surface area contributed by atoms with Crippen LogP contribution in [-0.4, -0.2) is 45.8 Å². The molecule has 0 unspecified atom stereocenters. The molecule has 1 saturated heterocycles. The Kier molecular flexibility index (Phi) is 5.60. The molecule has 7 nitrogen and oxygen atoms in total. The van der Waals surface area contributed by atoms with Gasteiger partial charge in [0.1, 0.15) is 6.04 Å². The number of aliphatic hydroxyl groups is 1. The van der Waals surface area contributed by atoms with Gasteiger partial charge in [0, 0.05) is 30.9 Å². The van der Waals surface area contributed by atoms with Crippen molar-refractivity contribution in [2.45, 2.75) is 62.6 Å². The van der Waals surface area contributed by atoms with E-state index in [9.17, 15) is 18.7 Å². The maximum absolute atomic E-state index is 13.3. The summed E-state index contributed by atoms with van der Waals surface area (Å²) in [7, 11) is 0. The smallest absolute Gasteiger partial charge is 0.248 e. The second-order valence-corrected chi connectivity index (χ2v) is 7.79. The summed E-state index contributed by atoms with van der Waals surface area (Å²) >= 11 is 0. The molecule has 2 aliphatic rings. The van der Waals surface area contributed by atoms with Crippen LogP contribution >= 0.6 is 0 Å². The molecular weight excluding hydrogens is 382 g/mol. The normalized spacial score (nSPS) is 24.5. The molecule has 0 radical (unpaired) electrons. The van der Waals surface area contributed by atoms with Crippen LogP contribution in [0.3, 0.4) is 0 Å². The van der Waals surface area contributed by atoms with E-state index in [1.165, 1.54) is 0 Å². The van der Waals surface area contributed by atoms with E-state index in [0.717, 1.165) is 11.1 Å². The van der Waals surface area contributed by atoms with Crippen LogP contribution in [0.5, 0.6) is 0 Å². The van der Waals surface area contributed by atoms with E-state index in [-0.39, 0.29) is 24.7 Å². The van der Waals surface area contributed by atoms with Gasteiger partial charge in [0.15, 0.2) is 0 Å². The van der Waals surface area contributed by atoms with Crippen molar-refractivity contribution in [1.82, 2.24) is 20.8 Å². The average Bonchev–Trinajstić information content (AvgIpc) is 3.36. The van der Waals surface area contributed by atoms with E-state index < -0.39 is 18.1 Å². The summed E-state index contributed by atoms with van der Waals surface area (Å²) in [6, 6.07) is 6.80. The molecule has 2 atom stereocenters. The summed E-state index contributed by atoms with van der Waals surface area (Å²) in [5.74, 6) is -2.10. The molecule has 1 aliphatic heterocycles. The van der Waals surface area contributed by atoms with E-state index in [1.54, 1.807) is 0 Å². The number of hydrogen-bond acceptors (Lipinski definition) is 6. The molecule has 9 heteroatoms. The average molecular weight is 406 g/mol. The zero-order chi connectivity index (χ0) is 20.4. The van der Waals surface area contributed by atoms with Crippen LogP contribution in [0, 0.1) is 0 Å². The van der Waals surface area contributed by atoms with Gasteiger partial charge < -0.3 is 20.3 Å². The van der Waals surface area contributed by atoms with Gasteiger partial charge in [0.05, 0.1) is 6.10 Å². The minimum atomic E-state index is -2.59. The highest BCUT2D eigenvalue weighted by Crippen LogP contribution is 2.40. The van der Waals surface area contributed by atoms with E-state index in [4.69, 9.17) is 4.52 Å². The molecule has 0 bridgehead atoms. The molecule has 2 fully saturated rings. The monoisotopic (exact) mass is 406 g/mol. The number of nitrogens with zero attached hydrogens (tertiary/aromatic N) is 2. The van der Waals surface area contributed by atoms with E-state index in [0.29, 0.717) is 44.1 Å². The minimum Gasteiger partial charge on any atom is -0.391 e. The number of carbonyl (C=O) groups is 1. The summed E-state index contributed by atoms with van der Waals surface area (Å²) in [6.45, 7) is 0.974. The third-order valence-electron chi connectivity index (χ3n) is 5.66. The molecule has 1 aromatic heterocycles. The van der Waals surface area contributed by atoms with Crippen LogP contribution in [0.2, 0.25) is 0 Å². The number of benzene rings is 1. The summed E-state index contributed by atoms with van der Waals surface area (Å²) in [5.41, 5.74) is 1.65. The molecule has 1 aromatic carbocycles. The first-order valence-corrected chi connectivity index (χ1v) is 9.91. The minimum absolute atomic E-state index is 0.120. The zero-order valence-corrected chi connectivity index (χ0v) is 15.9. The van der Waals surface area contributed by atoms with E-state index in [1.807, 2.05) is 24.3 Å². The Bertz CT molecular complexity index is 846. The first-order chi connectivity index (χ1) is 13.9. The molecule has 1 saturated carbocycles. The molecule has 156 valence electrons. The standard InChI is InChI=1S/C20H24F2N4O3/c21-20(22)8-5-14(6-9-20)19-25-17(26-29-19)13-3-1-12(2-4-13)11-24-18(28)16-15(27)7-10-23-16/h1-4,14-16,23,27H,5-11H2,(H,24,28)/t15-,16-/m0/s1. The summed E-state index contributed by atoms with van der Waals surface area (Å²) in [6.07, 6.45) is 0.311. The van der Waals surface area contributed by atoms with Crippen molar-refractivity contribution in [3.8, 4) is 11.4 Å². The van der Waals surface area contributed by atoms with Gasteiger partial charge in [-0.1, -0.05) is 29.4 Å². The Morgan fingerprint density at radius 1 is 1.24 bits per heavy atom. The highest BCUT2D eigenvalue weighted by molar-refractivity contribution is 5.82. The number of hydrogen-bond donors (Lipinski definition) is 3. The molecule has 1 amide bonds. The Hall–Kier alpha value is -2.39. The van der Waals surface area contributed by atoms with Crippen molar-refractivity contribution < 1.29 is 23.2 Å². The van der Waals surface area contributed by atoms with Crippen molar-refractivity contribution in [3.05, 3.63) is 35.7 Å². The first kappa shape index (κ1) is 19.9. The van der Waals surface area contributed by atoms with Crippen LogP contribution in [0.15, 0.2) is 28.8 Å². The second kappa shape index (κ2) is 8.16. The number of halogens is 2. The lowest BCUT2D eigenvalue weighted by Crippen LogP contribution is -2.45. The number of aliphatic hydroxyl groups excluding tert-OH is 1. The van der Waals surface area contributed by atoms with E-state index >= 15 is 0 Å². The maximum atomic E-state index is 13.3. The molecule has 2 aromatic rings. The number of nitrogens with one attached hydrogen (secondary N) is 2. The third kappa shape index (κ3) is 4.62. The lowest BCUT2D eigenvalue weighted by atomic mass is 9.87. The van der Waals surface area contributed by atoms with Gasteiger partial charge in [-0.3, -0.25) is 4.79 Å². The summed E-state index contributed by atoms with van der Waals surface area (Å²) < 4.78 is 31.9. The Balaban J connectivity index is 1.33. The lowest BCUT2D eigenvalue weighted by molar-refractivity contribution is -0.124. The predicted molar refractivity (Wildman–Crippen MR) is 100 cm³/mol. The Labute approximate surface area is 166 Å². The van der Waals surface area contributed by atoms with Crippen LogP contribution in [0.25, 0.3) is 11.4 Å². The number of carbonyl (C=O) groups excluding carboxylic acids is 1. The molecular formula is C20H24F2N4O3. The second-order valence-electron chi connectivity index (χ2n) is 7.79. The quantitative estimate of drug-likeness (QED) is 0.705. The van der Waals surface area contributed by atoms with Gasteiger partial charge in [-0.25, -0.2) is 8.78 Å². The van der Waals surface area contributed by atoms with Crippen molar-refractivity contribution in [3.63, 3.8) is 0 Å². The molecule has 4 rings (SSSR count). The third-order valence-corrected chi connectivity index (χ3v) is 5.66. The number of amides is 1. The first-order valence-electron chi connectivity index (χ1n) is 9.91. The highest BCUT2D eigenvalue weighted by Gasteiger charge is 2.37. The lowest BCUT2D eigenvalue weighted by Gasteiger charge is -2.25. The molecule has 1 aliphatic carbocycles. The SMILES string of the molecule is O=C(NCc1ccc(-c2noc(C3CCC(F)(F)CC3)n2)cc1)[C@H]1NCC[C@@H]1O. The number of aromatic nitrogens is 2. The van der Waals surface area contributed by atoms with Crippen molar-refractivity contribution in [1.29, 1.82) is 0 Å². The van der Waals surface area contributed by atoms with Crippen molar-refractivity contribution >= 4 is 5.91 Å². The summed E-state index contributed by atoms with van der Waals surface area (Å²) in [5, 5.41) is 19.5. The largest absolute Gasteiger partial charge is 0.391 e. The van der Waals surface area contributed by atoms with Crippen LogP contribution in [0.4, 0.5) is 8.78 Å². The fourth-order valence-corrected chi connectivity index (χ4v) is 3.83. The van der Waals surface area contributed by atoms with Gasteiger partial charge in [0.25, 0.3) is 0 Å². The van der Waals surface area contributed by atoms with Gasteiger partial charge in [-0.05, 0) is 31.4 Å². The Morgan fingerprint density at radius 3 is 2.62 bits per heavy atom. The predicted octanol–water partition coefficient (Wildman–Crippen LogP) is 2.37. The van der Waals surface area contributed by atoms with Crippen molar-refractivity contribution in [2.24, 2.45) is 0 Å². The maximum Gasteiger partial charge on any atom is 0.248 e.